The molecule has 1 aromatic carbocycles. The molecule has 0 spiro atoms. The van der Waals surface area contributed by atoms with E-state index in [0.717, 1.165) is 39.3 Å². The first kappa shape index (κ1) is 18.2. The van der Waals surface area contributed by atoms with Gasteiger partial charge in [-0.3, -0.25) is 14.5 Å². The van der Waals surface area contributed by atoms with Crippen LogP contribution in [0.5, 0.6) is 0 Å². The molecule has 1 aromatic rings. The molecule has 2 heterocycles. The molecule has 0 bridgehead atoms. The van der Waals surface area contributed by atoms with Gasteiger partial charge in [-0.2, -0.15) is 0 Å². The van der Waals surface area contributed by atoms with Crippen molar-refractivity contribution in [3.8, 4) is 0 Å². The zero-order valence-corrected chi connectivity index (χ0v) is 15.2. The number of rotatable bonds is 6. The number of nitrogens with zero attached hydrogens (tertiary/aromatic N) is 2. The van der Waals surface area contributed by atoms with E-state index < -0.39 is 0 Å². The molecule has 25 heavy (non-hydrogen) atoms. The largest absolute Gasteiger partial charge is 0.379 e. The number of thioether (sulfide) groups is 1. The van der Waals surface area contributed by atoms with Crippen molar-refractivity contribution < 1.29 is 14.3 Å². The summed E-state index contributed by atoms with van der Waals surface area (Å²) in [6.07, 6.45) is 0.915. The van der Waals surface area contributed by atoms with Gasteiger partial charge < -0.3 is 15.0 Å². The Morgan fingerprint density at radius 3 is 2.72 bits per heavy atom. The zero-order valence-electron chi connectivity index (χ0n) is 14.4. The second kappa shape index (κ2) is 9.22. The SMILES string of the molecule is O=C(NCCCN1CCOCC1)[C@@H]1CSCN1C(=O)c1ccccc1. The summed E-state index contributed by atoms with van der Waals surface area (Å²) in [5.41, 5.74) is 0.634. The molecule has 2 aliphatic heterocycles. The summed E-state index contributed by atoms with van der Waals surface area (Å²) in [5.74, 6) is 1.11. The van der Waals surface area contributed by atoms with Crippen molar-refractivity contribution in [2.75, 3.05) is 51.0 Å². The van der Waals surface area contributed by atoms with Crippen LogP contribution in [-0.4, -0.2) is 78.7 Å². The van der Waals surface area contributed by atoms with Gasteiger partial charge in [0.05, 0.1) is 19.1 Å². The van der Waals surface area contributed by atoms with Crippen LogP contribution in [0, 0.1) is 0 Å². The number of hydrogen-bond donors (Lipinski definition) is 1. The van der Waals surface area contributed by atoms with Crippen LogP contribution in [0.15, 0.2) is 30.3 Å². The molecule has 2 amide bonds. The maximum absolute atomic E-state index is 12.6. The Bertz CT molecular complexity index is 578. The first-order valence-electron chi connectivity index (χ1n) is 8.77. The lowest BCUT2D eigenvalue weighted by molar-refractivity contribution is -0.124. The van der Waals surface area contributed by atoms with Gasteiger partial charge in [-0.05, 0) is 25.1 Å². The van der Waals surface area contributed by atoms with Crippen molar-refractivity contribution in [1.82, 2.24) is 15.1 Å². The average molecular weight is 363 g/mol. The Balaban J connectivity index is 1.45. The third-order valence-corrected chi connectivity index (χ3v) is 5.53. The van der Waals surface area contributed by atoms with Crippen LogP contribution in [0.1, 0.15) is 16.8 Å². The van der Waals surface area contributed by atoms with Crippen LogP contribution in [0.3, 0.4) is 0 Å². The summed E-state index contributed by atoms with van der Waals surface area (Å²) in [6.45, 7) is 5.13. The minimum atomic E-state index is -0.374. The molecule has 3 rings (SSSR count). The summed E-state index contributed by atoms with van der Waals surface area (Å²) >= 11 is 1.63. The van der Waals surface area contributed by atoms with Gasteiger partial charge in [0.2, 0.25) is 5.91 Å². The second-order valence-electron chi connectivity index (χ2n) is 6.26. The molecule has 7 heteroatoms. The summed E-state index contributed by atoms with van der Waals surface area (Å²) < 4.78 is 5.33. The predicted octanol–water partition coefficient (Wildman–Crippen LogP) is 1.04. The molecular formula is C18H25N3O3S. The summed E-state index contributed by atoms with van der Waals surface area (Å²) in [5, 5.41) is 3.00. The van der Waals surface area contributed by atoms with Crippen LogP contribution in [-0.2, 0) is 9.53 Å². The Morgan fingerprint density at radius 1 is 1.20 bits per heavy atom. The van der Waals surface area contributed by atoms with E-state index >= 15 is 0 Å². The van der Waals surface area contributed by atoms with Crippen LogP contribution in [0.4, 0.5) is 0 Å². The summed E-state index contributed by atoms with van der Waals surface area (Å²) in [7, 11) is 0. The molecule has 0 radical (unpaired) electrons. The third kappa shape index (κ3) is 4.96. The van der Waals surface area contributed by atoms with Gasteiger partial charge in [-0.1, -0.05) is 18.2 Å². The molecule has 0 aliphatic carbocycles. The van der Waals surface area contributed by atoms with E-state index in [0.29, 0.717) is 23.7 Å². The van der Waals surface area contributed by atoms with Gasteiger partial charge in [-0.25, -0.2) is 0 Å². The Kier molecular flexibility index (Phi) is 6.72. The van der Waals surface area contributed by atoms with E-state index in [9.17, 15) is 9.59 Å². The van der Waals surface area contributed by atoms with E-state index in [4.69, 9.17) is 4.74 Å². The molecule has 2 fully saturated rings. The minimum absolute atomic E-state index is 0.0451. The van der Waals surface area contributed by atoms with Gasteiger partial charge >= 0.3 is 0 Å². The lowest BCUT2D eigenvalue weighted by atomic mass is 10.1. The molecule has 0 aromatic heterocycles. The quantitative estimate of drug-likeness (QED) is 0.766. The second-order valence-corrected chi connectivity index (χ2v) is 7.26. The first-order valence-corrected chi connectivity index (χ1v) is 9.93. The van der Waals surface area contributed by atoms with Crippen molar-refractivity contribution in [1.29, 1.82) is 0 Å². The van der Waals surface area contributed by atoms with E-state index in [-0.39, 0.29) is 17.9 Å². The molecule has 2 saturated heterocycles. The van der Waals surface area contributed by atoms with Crippen molar-refractivity contribution in [3.05, 3.63) is 35.9 Å². The highest BCUT2D eigenvalue weighted by Crippen LogP contribution is 2.23. The van der Waals surface area contributed by atoms with Crippen LogP contribution >= 0.6 is 11.8 Å². The zero-order chi connectivity index (χ0) is 17.5. The van der Waals surface area contributed by atoms with Gasteiger partial charge in [0.25, 0.3) is 5.91 Å². The first-order chi connectivity index (χ1) is 12.3. The van der Waals surface area contributed by atoms with Crippen LogP contribution in [0.2, 0.25) is 0 Å². The molecular weight excluding hydrogens is 338 g/mol. The molecule has 136 valence electrons. The highest BCUT2D eigenvalue weighted by atomic mass is 32.2. The van der Waals surface area contributed by atoms with Crippen LogP contribution in [0.25, 0.3) is 0 Å². The van der Waals surface area contributed by atoms with Gasteiger partial charge in [0.1, 0.15) is 6.04 Å². The molecule has 2 aliphatic rings. The van der Waals surface area contributed by atoms with Gasteiger partial charge in [-0.15, -0.1) is 11.8 Å². The highest BCUT2D eigenvalue weighted by molar-refractivity contribution is 7.99. The number of ether oxygens (including phenoxy) is 1. The number of benzene rings is 1. The van der Waals surface area contributed by atoms with E-state index in [1.54, 1.807) is 28.8 Å². The van der Waals surface area contributed by atoms with Crippen molar-refractivity contribution in [3.63, 3.8) is 0 Å². The van der Waals surface area contributed by atoms with Crippen LogP contribution < -0.4 is 5.32 Å². The molecule has 0 unspecified atom stereocenters. The topological polar surface area (TPSA) is 61.9 Å². The molecule has 1 N–H and O–H groups in total. The Morgan fingerprint density at radius 2 is 1.96 bits per heavy atom. The normalized spacial score (nSPS) is 21.3. The van der Waals surface area contributed by atoms with Crippen molar-refractivity contribution in [2.45, 2.75) is 12.5 Å². The average Bonchev–Trinajstić information content (AvgIpc) is 3.16. The van der Waals surface area contributed by atoms with Crippen molar-refractivity contribution >= 4 is 23.6 Å². The number of carbonyl (C=O) groups excluding carboxylic acids is 2. The summed E-state index contributed by atoms with van der Waals surface area (Å²) in [4.78, 5) is 29.1. The fraction of sp³-hybridized carbons (Fsp3) is 0.556. The third-order valence-electron chi connectivity index (χ3n) is 4.52. The fourth-order valence-electron chi connectivity index (χ4n) is 3.06. The fourth-order valence-corrected chi connectivity index (χ4v) is 4.22. The van der Waals surface area contributed by atoms with E-state index in [1.165, 1.54) is 0 Å². The number of nitrogens with one attached hydrogen (secondary N) is 1. The molecule has 1 atom stereocenters. The van der Waals surface area contributed by atoms with E-state index in [1.807, 2.05) is 18.2 Å². The summed E-state index contributed by atoms with van der Waals surface area (Å²) in [6, 6.07) is 8.79. The Labute approximate surface area is 152 Å². The van der Waals surface area contributed by atoms with Gasteiger partial charge in [0.15, 0.2) is 0 Å². The lowest BCUT2D eigenvalue weighted by Crippen LogP contribution is -2.47. The van der Waals surface area contributed by atoms with Crippen molar-refractivity contribution in [2.24, 2.45) is 0 Å². The Hall–Kier alpha value is -1.57. The predicted molar refractivity (Wildman–Crippen MR) is 98.6 cm³/mol. The maximum atomic E-state index is 12.6. The number of carbonyl (C=O) groups is 2. The standard InChI is InChI=1S/C18H25N3O3S/c22-17(19-7-4-8-20-9-11-24-12-10-20)16-13-25-14-21(16)18(23)15-5-2-1-3-6-15/h1-3,5-6,16H,4,7-14H2,(H,19,22)/t16-/m0/s1. The highest BCUT2D eigenvalue weighted by Gasteiger charge is 2.34. The van der Waals surface area contributed by atoms with E-state index in [2.05, 4.69) is 10.2 Å². The monoisotopic (exact) mass is 363 g/mol. The minimum Gasteiger partial charge on any atom is -0.379 e. The number of morpholine rings is 1. The number of amides is 2. The lowest BCUT2D eigenvalue weighted by Gasteiger charge is -2.27. The smallest absolute Gasteiger partial charge is 0.255 e. The molecule has 6 nitrogen and oxygen atoms in total. The maximum Gasteiger partial charge on any atom is 0.255 e. The number of hydrogen-bond acceptors (Lipinski definition) is 5. The molecule has 0 saturated carbocycles. The van der Waals surface area contributed by atoms with Gasteiger partial charge in [0, 0.05) is 31.0 Å².